The van der Waals surface area contributed by atoms with E-state index >= 15 is 0 Å². The van der Waals surface area contributed by atoms with Crippen LogP contribution < -0.4 is 5.32 Å². The molecule has 1 aromatic heterocycles. The van der Waals surface area contributed by atoms with Crippen molar-refractivity contribution in [1.29, 1.82) is 0 Å². The summed E-state index contributed by atoms with van der Waals surface area (Å²) in [6.45, 7) is 3.99. The van der Waals surface area contributed by atoms with Crippen LogP contribution in [-0.2, 0) is 11.2 Å². The highest BCUT2D eigenvalue weighted by Crippen LogP contribution is 2.26. The van der Waals surface area contributed by atoms with Crippen molar-refractivity contribution in [2.75, 3.05) is 11.1 Å². The number of rotatable bonds is 6. The second-order valence-electron chi connectivity index (χ2n) is 5.81. The van der Waals surface area contributed by atoms with Crippen LogP contribution >= 0.6 is 27.7 Å². The Balaban J connectivity index is 1.54. The minimum Gasteiger partial charge on any atom is -0.416 e. The van der Waals surface area contributed by atoms with Crippen LogP contribution in [0.2, 0.25) is 0 Å². The van der Waals surface area contributed by atoms with E-state index in [-0.39, 0.29) is 11.7 Å². The zero-order valence-electron chi connectivity index (χ0n) is 14.5. The van der Waals surface area contributed by atoms with Gasteiger partial charge in [0, 0.05) is 10.2 Å². The first-order chi connectivity index (χ1) is 12.5. The predicted molar refractivity (Wildman–Crippen MR) is 107 cm³/mol. The molecule has 0 fully saturated rings. The Kier molecular flexibility index (Phi) is 6.11. The van der Waals surface area contributed by atoms with E-state index in [1.165, 1.54) is 11.8 Å². The minimum atomic E-state index is -0.109. The number of benzene rings is 2. The number of aromatic nitrogens is 2. The quantitative estimate of drug-likeness (QED) is 0.569. The van der Waals surface area contributed by atoms with Gasteiger partial charge in [0.1, 0.15) is 0 Å². The monoisotopic (exact) mass is 431 g/mol. The summed E-state index contributed by atoms with van der Waals surface area (Å²) >= 11 is 4.72. The maximum atomic E-state index is 12.2. The number of halogens is 1. The first-order valence-corrected chi connectivity index (χ1v) is 9.85. The normalized spacial score (nSPS) is 10.7. The number of hydrogen-bond donors (Lipinski definition) is 1. The summed E-state index contributed by atoms with van der Waals surface area (Å²) in [6, 6.07) is 13.7. The van der Waals surface area contributed by atoms with Gasteiger partial charge in [0.05, 0.1) is 12.2 Å². The molecule has 0 aliphatic heterocycles. The molecule has 0 aliphatic carbocycles. The average molecular weight is 432 g/mol. The molecule has 0 spiro atoms. The van der Waals surface area contributed by atoms with Crippen molar-refractivity contribution in [1.82, 2.24) is 10.2 Å². The molecule has 0 unspecified atom stereocenters. The number of carbonyl (C=O) groups excluding carboxylic acids is 1. The van der Waals surface area contributed by atoms with E-state index < -0.39 is 0 Å². The molecule has 0 bridgehead atoms. The highest BCUT2D eigenvalue weighted by Gasteiger charge is 2.12. The second kappa shape index (κ2) is 8.51. The molecule has 7 heteroatoms. The predicted octanol–water partition coefficient (Wildman–Crippen LogP) is 4.77. The van der Waals surface area contributed by atoms with Crippen LogP contribution in [0.3, 0.4) is 0 Å². The van der Waals surface area contributed by atoms with Gasteiger partial charge in [-0.25, -0.2) is 0 Å². The number of amides is 1. The van der Waals surface area contributed by atoms with Gasteiger partial charge in [-0.05, 0) is 42.7 Å². The topological polar surface area (TPSA) is 68.0 Å². The highest BCUT2D eigenvalue weighted by atomic mass is 79.9. The number of carbonyl (C=O) groups is 1. The average Bonchev–Trinajstić information content (AvgIpc) is 3.09. The van der Waals surface area contributed by atoms with E-state index in [0.717, 1.165) is 26.9 Å². The maximum absolute atomic E-state index is 12.2. The highest BCUT2D eigenvalue weighted by molar-refractivity contribution is 9.10. The molecule has 1 amide bonds. The number of nitrogens with zero attached hydrogens (tertiary/aromatic N) is 2. The molecule has 0 radical (unpaired) electrons. The summed E-state index contributed by atoms with van der Waals surface area (Å²) in [7, 11) is 0. The largest absolute Gasteiger partial charge is 0.416 e. The summed E-state index contributed by atoms with van der Waals surface area (Å²) in [4.78, 5) is 12.2. The molecule has 1 N–H and O–H groups in total. The zero-order valence-corrected chi connectivity index (χ0v) is 16.9. The lowest BCUT2D eigenvalue weighted by atomic mass is 10.1. The Morgan fingerprint density at radius 1 is 1.12 bits per heavy atom. The molecule has 134 valence electrons. The van der Waals surface area contributed by atoms with Crippen LogP contribution in [0.4, 0.5) is 5.69 Å². The van der Waals surface area contributed by atoms with Gasteiger partial charge in [0.25, 0.3) is 5.22 Å². The zero-order chi connectivity index (χ0) is 18.5. The molecule has 0 aliphatic rings. The third kappa shape index (κ3) is 4.74. The number of thioether (sulfide) groups is 1. The van der Waals surface area contributed by atoms with Crippen molar-refractivity contribution in [3.8, 4) is 0 Å². The minimum absolute atomic E-state index is 0.109. The van der Waals surface area contributed by atoms with E-state index in [0.29, 0.717) is 17.5 Å². The lowest BCUT2D eigenvalue weighted by Crippen LogP contribution is -2.15. The molecule has 3 rings (SSSR count). The van der Waals surface area contributed by atoms with Crippen molar-refractivity contribution in [3.63, 3.8) is 0 Å². The molecule has 0 saturated carbocycles. The van der Waals surface area contributed by atoms with Gasteiger partial charge in [-0.15, -0.1) is 10.2 Å². The summed E-state index contributed by atoms with van der Waals surface area (Å²) in [6.07, 6.45) is 0.581. The van der Waals surface area contributed by atoms with Crippen molar-refractivity contribution < 1.29 is 9.21 Å². The second-order valence-corrected chi connectivity index (χ2v) is 7.59. The van der Waals surface area contributed by atoms with E-state index in [4.69, 9.17) is 4.42 Å². The van der Waals surface area contributed by atoms with Crippen molar-refractivity contribution >= 4 is 39.3 Å². The van der Waals surface area contributed by atoms with Crippen LogP contribution in [0, 0.1) is 13.8 Å². The summed E-state index contributed by atoms with van der Waals surface area (Å²) in [5.41, 5.74) is 4.07. The number of anilines is 1. The summed E-state index contributed by atoms with van der Waals surface area (Å²) < 4.78 is 6.63. The standard InChI is InChI=1S/C19H18BrN3O2S/c1-12-13(2)16(9-8-15(12)20)21-17(24)11-26-19-23-22-18(25-19)10-14-6-4-3-5-7-14/h3-9H,10-11H2,1-2H3,(H,21,24). The van der Waals surface area contributed by atoms with Gasteiger partial charge in [-0.3, -0.25) is 4.79 Å². The van der Waals surface area contributed by atoms with Gasteiger partial charge in [0.15, 0.2) is 0 Å². The van der Waals surface area contributed by atoms with Gasteiger partial charge in [-0.2, -0.15) is 0 Å². The van der Waals surface area contributed by atoms with Crippen molar-refractivity contribution in [3.05, 3.63) is 69.5 Å². The smallest absolute Gasteiger partial charge is 0.277 e. The van der Waals surface area contributed by atoms with Crippen LogP contribution in [0.25, 0.3) is 0 Å². The molecule has 0 atom stereocenters. The Morgan fingerprint density at radius 3 is 2.65 bits per heavy atom. The molecule has 1 heterocycles. The van der Waals surface area contributed by atoms with Gasteiger partial charge in [-0.1, -0.05) is 58.0 Å². The molecular formula is C19H18BrN3O2S. The summed E-state index contributed by atoms with van der Waals surface area (Å²) in [5.74, 6) is 0.641. The number of nitrogens with one attached hydrogen (secondary N) is 1. The van der Waals surface area contributed by atoms with Crippen molar-refractivity contribution in [2.24, 2.45) is 0 Å². The fraction of sp³-hybridized carbons (Fsp3) is 0.211. The third-order valence-electron chi connectivity index (χ3n) is 3.97. The molecule has 3 aromatic rings. The van der Waals surface area contributed by atoms with Crippen LogP contribution in [0.5, 0.6) is 0 Å². The fourth-order valence-electron chi connectivity index (χ4n) is 2.38. The van der Waals surface area contributed by atoms with E-state index in [2.05, 4.69) is 31.4 Å². The summed E-state index contributed by atoms with van der Waals surface area (Å²) in [5, 5.41) is 11.4. The van der Waals surface area contributed by atoms with Crippen LogP contribution in [0.15, 0.2) is 56.6 Å². The Hall–Kier alpha value is -2.12. The Bertz CT molecular complexity index is 912. The lowest BCUT2D eigenvalue weighted by molar-refractivity contribution is -0.113. The molecule has 0 saturated heterocycles. The van der Waals surface area contributed by atoms with Gasteiger partial charge >= 0.3 is 0 Å². The number of hydrogen-bond acceptors (Lipinski definition) is 5. The first-order valence-electron chi connectivity index (χ1n) is 8.07. The van der Waals surface area contributed by atoms with E-state index in [1.807, 2.05) is 56.3 Å². The van der Waals surface area contributed by atoms with Crippen LogP contribution in [-0.4, -0.2) is 21.9 Å². The third-order valence-corrected chi connectivity index (χ3v) is 5.65. The molecule has 26 heavy (non-hydrogen) atoms. The van der Waals surface area contributed by atoms with Gasteiger partial charge in [0.2, 0.25) is 11.8 Å². The van der Waals surface area contributed by atoms with E-state index in [9.17, 15) is 4.79 Å². The Morgan fingerprint density at radius 2 is 1.88 bits per heavy atom. The SMILES string of the molecule is Cc1c(Br)ccc(NC(=O)CSc2nnc(Cc3ccccc3)o2)c1C. The van der Waals surface area contributed by atoms with Crippen molar-refractivity contribution in [2.45, 2.75) is 25.5 Å². The maximum Gasteiger partial charge on any atom is 0.277 e. The molecular weight excluding hydrogens is 414 g/mol. The molecule has 2 aromatic carbocycles. The lowest BCUT2D eigenvalue weighted by Gasteiger charge is -2.11. The van der Waals surface area contributed by atoms with E-state index in [1.54, 1.807) is 0 Å². The molecule has 5 nitrogen and oxygen atoms in total. The first kappa shape index (κ1) is 18.7. The van der Waals surface area contributed by atoms with Crippen LogP contribution in [0.1, 0.15) is 22.6 Å². The Labute approximate surface area is 164 Å². The fourth-order valence-corrected chi connectivity index (χ4v) is 3.39. The van der Waals surface area contributed by atoms with Gasteiger partial charge < -0.3 is 9.73 Å².